The summed E-state index contributed by atoms with van der Waals surface area (Å²) in [4.78, 5) is 4.14. The molecule has 0 aliphatic carbocycles. The number of rotatable bonds is 6. The molecule has 0 aromatic carbocycles. The van der Waals surface area contributed by atoms with E-state index in [2.05, 4.69) is 23.3 Å². The van der Waals surface area contributed by atoms with E-state index in [0.717, 1.165) is 13.0 Å². The molecule has 0 bridgehead atoms. The second-order valence-corrected chi connectivity index (χ2v) is 3.81. The van der Waals surface area contributed by atoms with Gasteiger partial charge in [0.2, 0.25) is 0 Å². The van der Waals surface area contributed by atoms with E-state index >= 15 is 0 Å². The number of methoxy groups -OCH3 is 1. The quantitative estimate of drug-likeness (QED) is 0.776. The molecule has 0 spiro atoms. The zero-order valence-electron chi connectivity index (χ0n) is 9.73. The normalized spacial score (nSPS) is 14.9. The van der Waals surface area contributed by atoms with Crippen LogP contribution in [0.15, 0.2) is 24.5 Å². The van der Waals surface area contributed by atoms with Crippen molar-refractivity contribution in [1.82, 2.24) is 10.3 Å². The molecule has 0 aliphatic heterocycles. The van der Waals surface area contributed by atoms with Gasteiger partial charge >= 0.3 is 0 Å². The van der Waals surface area contributed by atoms with Crippen LogP contribution in [0.5, 0.6) is 0 Å². The van der Waals surface area contributed by atoms with Crippen LogP contribution in [-0.4, -0.2) is 25.7 Å². The maximum atomic E-state index is 5.10. The van der Waals surface area contributed by atoms with Crippen LogP contribution in [0, 0.1) is 5.92 Å². The van der Waals surface area contributed by atoms with Crippen molar-refractivity contribution in [2.24, 2.45) is 5.92 Å². The van der Waals surface area contributed by atoms with Crippen molar-refractivity contribution in [2.45, 2.75) is 19.4 Å². The molecule has 0 saturated carbocycles. The third-order valence-electron chi connectivity index (χ3n) is 2.70. The molecule has 1 aromatic rings. The van der Waals surface area contributed by atoms with E-state index < -0.39 is 0 Å². The van der Waals surface area contributed by atoms with Crippen molar-refractivity contribution in [3.63, 3.8) is 0 Å². The Morgan fingerprint density at radius 1 is 1.53 bits per heavy atom. The molecule has 2 atom stereocenters. The molecular weight excluding hydrogens is 188 g/mol. The standard InChI is InChI=1S/C12H20N2O/c1-10(6-8-15-3)12(13-2)11-5-4-7-14-9-11/h4-5,7,9-10,12-13H,6,8H2,1-3H3. The van der Waals surface area contributed by atoms with Gasteiger partial charge in [0, 0.05) is 32.2 Å². The summed E-state index contributed by atoms with van der Waals surface area (Å²) >= 11 is 0. The van der Waals surface area contributed by atoms with E-state index in [9.17, 15) is 0 Å². The number of hydrogen-bond donors (Lipinski definition) is 1. The molecule has 15 heavy (non-hydrogen) atoms. The Balaban J connectivity index is 2.63. The van der Waals surface area contributed by atoms with E-state index in [-0.39, 0.29) is 0 Å². The molecule has 0 fully saturated rings. The Bertz CT molecular complexity index is 264. The Morgan fingerprint density at radius 3 is 2.87 bits per heavy atom. The summed E-state index contributed by atoms with van der Waals surface area (Å²) in [6.45, 7) is 3.03. The average molecular weight is 208 g/mol. The van der Waals surface area contributed by atoms with E-state index in [0.29, 0.717) is 12.0 Å². The minimum absolute atomic E-state index is 0.355. The number of ether oxygens (including phenoxy) is 1. The van der Waals surface area contributed by atoms with Crippen LogP contribution in [0.1, 0.15) is 24.9 Å². The van der Waals surface area contributed by atoms with Gasteiger partial charge in [-0.15, -0.1) is 0 Å². The molecule has 3 heteroatoms. The molecule has 0 radical (unpaired) electrons. The van der Waals surface area contributed by atoms with Crippen molar-refractivity contribution in [2.75, 3.05) is 20.8 Å². The topological polar surface area (TPSA) is 34.2 Å². The second-order valence-electron chi connectivity index (χ2n) is 3.81. The van der Waals surface area contributed by atoms with Crippen LogP contribution < -0.4 is 5.32 Å². The van der Waals surface area contributed by atoms with Crippen LogP contribution >= 0.6 is 0 Å². The predicted octanol–water partition coefficient (Wildman–Crippen LogP) is 2.01. The average Bonchev–Trinajstić information content (AvgIpc) is 2.29. The first-order chi connectivity index (χ1) is 7.29. The minimum atomic E-state index is 0.355. The van der Waals surface area contributed by atoms with Crippen molar-refractivity contribution in [3.05, 3.63) is 30.1 Å². The van der Waals surface area contributed by atoms with Gasteiger partial charge in [-0.3, -0.25) is 4.98 Å². The minimum Gasteiger partial charge on any atom is -0.385 e. The summed E-state index contributed by atoms with van der Waals surface area (Å²) in [5, 5.41) is 3.33. The highest BCUT2D eigenvalue weighted by molar-refractivity contribution is 5.14. The summed E-state index contributed by atoms with van der Waals surface area (Å²) in [5.74, 6) is 0.541. The van der Waals surface area contributed by atoms with Crippen LogP contribution in [0.2, 0.25) is 0 Å². The Labute approximate surface area is 91.9 Å². The monoisotopic (exact) mass is 208 g/mol. The largest absolute Gasteiger partial charge is 0.385 e. The van der Waals surface area contributed by atoms with Gasteiger partial charge in [0.05, 0.1) is 0 Å². The molecule has 1 N–H and O–H groups in total. The van der Waals surface area contributed by atoms with E-state index in [4.69, 9.17) is 4.74 Å². The lowest BCUT2D eigenvalue weighted by Gasteiger charge is -2.23. The SMILES string of the molecule is CNC(c1cccnc1)C(C)CCOC. The number of pyridine rings is 1. The van der Waals surface area contributed by atoms with Gasteiger partial charge in [-0.1, -0.05) is 13.0 Å². The fourth-order valence-electron chi connectivity index (χ4n) is 1.81. The maximum Gasteiger partial charge on any atom is 0.0465 e. The number of hydrogen-bond acceptors (Lipinski definition) is 3. The van der Waals surface area contributed by atoms with Crippen molar-refractivity contribution >= 4 is 0 Å². The summed E-state index contributed by atoms with van der Waals surface area (Å²) < 4.78 is 5.10. The summed E-state index contributed by atoms with van der Waals surface area (Å²) in [6.07, 6.45) is 4.78. The van der Waals surface area contributed by atoms with Gasteiger partial charge < -0.3 is 10.1 Å². The molecule has 1 heterocycles. The lowest BCUT2D eigenvalue weighted by molar-refractivity contribution is 0.171. The van der Waals surface area contributed by atoms with Crippen LogP contribution in [-0.2, 0) is 4.74 Å². The molecule has 0 amide bonds. The Hall–Kier alpha value is -0.930. The van der Waals surface area contributed by atoms with Crippen LogP contribution in [0.3, 0.4) is 0 Å². The Morgan fingerprint density at radius 2 is 2.33 bits per heavy atom. The van der Waals surface area contributed by atoms with Gasteiger partial charge in [0.25, 0.3) is 0 Å². The lowest BCUT2D eigenvalue weighted by atomic mass is 9.93. The van der Waals surface area contributed by atoms with E-state index in [1.54, 1.807) is 13.3 Å². The summed E-state index contributed by atoms with van der Waals surface area (Å²) in [6, 6.07) is 4.44. The first-order valence-electron chi connectivity index (χ1n) is 5.35. The molecule has 1 aromatic heterocycles. The van der Waals surface area contributed by atoms with E-state index in [1.165, 1.54) is 5.56 Å². The van der Waals surface area contributed by atoms with Crippen LogP contribution in [0.4, 0.5) is 0 Å². The van der Waals surface area contributed by atoms with Gasteiger partial charge in [0.15, 0.2) is 0 Å². The van der Waals surface area contributed by atoms with E-state index in [1.807, 2.05) is 19.3 Å². The maximum absolute atomic E-state index is 5.10. The predicted molar refractivity (Wildman–Crippen MR) is 61.7 cm³/mol. The van der Waals surface area contributed by atoms with Crippen molar-refractivity contribution in [3.8, 4) is 0 Å². The fourth-order valence-corrected chi connectivity index (χ4v) is 1.81. The molecule has 0 aliphatic rings. The fraction of sp³-hybridized carbons (Fsp3) is 0.583. The first kappa shape index (κ1) is 12.1. The highest BCUT2D eigenvalue weighted by atomic mass is 16.5. The van der Waals surface area contributed by atoms with Crippen LogP contribution in [0.25, 0.3) is 0 Å². The highest BCUT2D eigenvalue weighted by Gasteiger charge is 2.16. The molecule has 2 unspecified atom stereocenters. The zero-order valence-corrected chi connectivity index (χ0v) is 9.73. The van der Waals surface area contributed by atoms with Crippen molar-refractivity contribution < 1.29 is 4.74 Å². The van der Waals surface area contributed by atoms with Gasteiger partial charge in [-0.05, 0) is 31.0 Å². The van der Waals surface area contributed by atoms with Gasteiger partial charge in [-0.25, -0.2) is 0 Å². The molecule has 3 nitrogen and oxygen atoms in total. The lowest BCUT2D eigenvalue weighted by Crippen LogP contribution is -2.24. The molecule has 1 rings (SSSR count). The number of nitrogens with one attached hydrogen (secondary N) is 1. The smallest absolute Gasteiger partial charge is 0.0465 e. The summed E-state index contributed by atoms with van der Waals surface area (Å²) in [5.41, 5.74) is 1.24. The number of aromatic nitrogens is 1. The molecule has 84 valence electrons. The second kappa shape index (κ2) is 6.53. The molecular formula is C12H20N2O. The highest BCUT2D eigenvalue weighted by Crippen LogP contribution is 2.23. The van der Waals surface area contributed by atoms with Gasteiger partial charge in [-0.2, -0.15) is 0 Å². The summed E-state index contributed by atoms with van der Waals surface area (Å²) in [7, 11) is 3.73. The number of nitrogens with zero attached hydrogens (tertiary/aromatic N) is 1. The first-order valence-corrected chi connectivity index (χ1v) is 5.35. The van der Waals surface area contributed by atoms with Crippen molar-refractivity contribution in [1.29, 1.82) is 0 Å². The third-order valence-corrected chi connectivity index (χ3v) is 2.70. The third kappa shape index (κ3) is 3.61. The molecule has 0 saturated heterocycles. The zero-order chi connectivity index (χ0) is 11.1. The van der Waals surface area contributed by atoms with Gasteiger partial charge in [0.1, 0.15) is 0 Å². The Kier molecular flexibility index (Phi) is 5.29.